The molecule has 6 nitrogen and oxygen atoms in total. The number of hydrogen-bond acceptors (Lipinski definition) is 3. The van der Waals surface area contributed by atoms with Gasteiger partial charge in [-0.05, 0) is 0 Å². The number of hydrogen-bond donors (Lipinski definition) is 3. The standard InChI is InChI=1S/C6H3.3CHO2.3Cu/c1-2-4-6-5-3-1;3*2-1-3;;;/h1,4-5H;3*(H,2,3);;;/q-3;3*-1;3*+2. The van der Waals surface area contributed by atoms with Crippen molar-refractivity contribution in [2.75, 3.05) is 0 Å². The van der Waals surface area contributed by atoms with Crippen molar-refractivity contribution in [2.45, 2.75) is 0 Å². The van der Waals surface area contributed by atoms with Gasteiger partial charge in [0.2, 0.25) is 0 Å². The molecule has 1 aromatic carbocycles. The molecule has 0 heterocycles. The Hall–Kier alpha value is -0.812. The van der Waals surface area contributed by atoms with Crippen LogP contribution in [0.2, 0.25) is 0 Å². The van der Waals surface area contributed by atoms with Gasteiger partial charge in [-0.2, -0.15) is 0 Å². The molecule has 0 bridgehead atoms. The summed E-state index contributed by atoms with van der Waals surface area (Å²) in [6.07, 6.45) is 0. The van der Waals surface area contributed by atoms with Gasteiger partial charge in [0.1, 0.15) is 0 Å². The van der Waals surface area contributed by atoms with Crippen LogP contribution >= 0.6 is 0 Å². The molecule has 0 saturated heterocycles. The Morgan fingerprint density at radius 1 is 0.611 bits per heavy atom. The first-order valence-corrected chi connectivity index (χ1v) is 3.02. The molecular formula is C9H6Cu3O6. The maximum Gasteiger partial charge on any atom is 2.00 e. The van der Waals surface area contributed by atoms with Crippen LogP contribution in [0.4, 0.5) is 0 Å². The molecule has 0 spiro atoms. The molecule has 1 rings (SSSR count). The minimum Gasteiger partial charge on any atom is -0.665 e. The van der Waals surface area contributed by atoms with E-state index in [1.807, 2.05) is 0 Å². The van der Waals surface area contributed by atoms with Crippen molar-refractivity contribution in [1.29, 1.82) is 0 Å². The third kappa shape index (κ3) is 114. The Morgan fingerprint density at radius 3 is 0.778 bits per heavy atom. The minimum absolute atomic E-state index is 0. The molecule has 0 aliphatic heterocycles. The first-order chi connectivity index (χ1) is 7.24. The molecule has 0 amide bonds. The van der Waals surface area contributed by atoms with Crippen molar-refractivity contribution in [2.24, 2.45) is 0 Å². The first-order valence-electron chi connectivity index (χ1n) is 3.02. The van der Waals surface area contributed by atoms with Crippen molar-refractivity contribution in [3.05, 3.63) is 36.4 Å². The van der Waals surface area contributed by atoms with Crippen LogP contribution in [0, 0.1) is 18.2 Å². The molecule has 0 atom stereocenters. The molecule has 111 valence electrons. The van der Waals surface area contributed by atoms with Crippen molar-refractivity contribution in [3.8, 4) is 0 Å². The summed E-state index contributed by atoms with van der Waals surface area (Å²) in [7, 11) is 0. The van der Waals surface area contributed by atoms with Crippen LogP contribution in [0.3, 0.4) is 0 Å². The van der Waals surface area contributed by atoms with Crippen molar-refractivity contribution in [1.82, 2.24) is 0 Å². The summed E-state index contributed by atoms with van der Waals surface area (Å²) in [6, 6.07) is 13.5. The predicted octanol–water partition coefficient (Wildman–Crippen LogP) is -0.0855. The summed E-state index contributed by atoms with van der Waals surface area (Å²) in [5.41, 5.74) is 0. The van der Waals surface area contributed by atoms with E-state index >= 15 is 0 Å². The molecule has 0 aromatic heterocycles. The smallest absolute Gasteiger partial charge is 0.665 e. The van der Waals surface area contributed by atoms with Gasteiger partial charge in [0.25, 0.3) is 0 Å². The van der Waals surface area contributed by atoms with Crippen LogP contribution in [0.25, 0.3) is 0 Å². The van der Waals surface area contributed by atoms with E-state index < -0.39 is 0 Å². The summed E-state index contributed by atoms with van der Waals surface area (Å²) in [5, 5.41) is 20.3. The van der Waals surface area contributed by atoms with Crippen LogP contribution in [0.15, 0.2) is 18.2 Å². The fraction of sp³-hybridized carbons (Fsp3) is 0. The summed E-state index contributed by atoms with van der Waals surface area (Å²) in [4.78, 5) is 24.7. The fourth-order valence-corrected chi connectivity index (χ4v) is 0.269. The van der Waals surface area contributed by atoms with Gasteiger partial charge in [0.15, 0.2) is 0 Å². The van der Waals surface area contributed by atoms with Crippen LogP contribution in [0.5, 0.6) is 0 Å². The van der Waals surface area contributed by atoms with Gasteiger partial charge in [0, 0.05) is 0 Å². The third-order valence-electron chi connectivity index (χ3n) is 0.500. The van der Waals surface area contributed by atoms with E-state index in [0.717, 1.165) is 0 Å². The Morgan fingerprint density at radius 2 is 0.722 bits per heavy atom. The number of aliphatic hydroxyl groups excluding tert-OH is 3. The Balaban J connectivity index is -0.0000000270. The van der Waals surface area contributed by atoms with Gasteiger partial charge in [-0.3, -0.25) is 0 Å². The maximum atomic E-state index is 8.24. The van der Waals surface area contributed by atoms with Crippen LogP contribution in [0.1, 0.15) is 0 Å². The van der Waals surface area contributed by atoms with E-state index in [1.165, 1.54) is 0 Å². The third-order valence-corrected chi connectivity index (χ3v) is 0.500. The van der Waals surface area contributed by atoms with Gasteiger partial charge in [-0.1, -0.05) is 19.4 Å². The fourth-order valence-electron chi connectivity index (χ4n) is 0.269. The second-order valence-corrected chi connectivity index (χ2v) is 1.21. The van der Waals surface area contributed by atoms with Crippen molar-refractivity contribution < 1.29 is 80.9 Å². The van der Waals surface area contributed by atoms with E-state index in [1.54, 1.807) is 18.2 Å². The second kappa shape index (κ2) is 55.7. The van der Waals surface area contributed by atoms with Crippen molar-refractivity contribution in [3.63, 3.8) is 0 Å². The second-order valence-electron chi connectivity index (χ2n) is 1.21. The van der Waals surface area contributed by atoms with Crippen molar-refractivity contribution >= 4 is 19.4 Å². The first kappa shape index (κ1) is 36.0. The summed E-state index contributed by atoms with van der Waals surface area (Å²) < 4.78 is 0. The van der Waals surface area contributed by atoms with Gasteiger partial charge < -0.3 is 66.1 Å². The molecule has 18 heavy (non-hydrogen) atoms. The molecule has 0 saturated carbocycles. The molecule has 0 fully saturated rings. The molecule has 0 aliphatic carbocycles. The van der Waals surface area contributed by atoms with E-state index in [9.17, 15) is 0 Å². The molecule has 0 unspecified atom stereocenters. The van der Waals surface area contributed by atoms with Gasteiger partial charge in [-0.25, -0.2) is 0 Å². The Bertz CT molecular complexity index is 182. The quantitative estimate of drug-likeness (QED) is 0.415. The Labute approximate surface area is 136 Å². The average molecular weight is 401 g/mol. The summed E-state index contributed by atoms with van der Waals surface area (Å²) in [6.45, 7) is 1.50. The van der Waals surface area contributed by atoms with Crippen LogP contribution in [-0.2, 0) is 65.6 Å². The van der Waals surface area contributed by atoms with E-state index in [0.29, 0.717) is 19.4 Å². The van der Waals surface area contributed by atoms with Gasteiger partial charge in [-0.15, -0.1) is 0 Å². The largest absolute Gasteiger partial charge is 2.00 e. The molecule has 1 aromatic rings. The van der Waals surface area contributed by atoms with Crippen LogP contribution in [-0.4, -0.2) is 34.7 Å². The van der Waals surface area contributed by atoms with Crippen LogP contribution < -0.4 is 0 Å². The zero-order valence-corrected chi connectivity index (χ0v) is 11.0. The molecule has 3 radical (unpaired) electrons. The summed E-state index contributed by atoms with van der Waals surface area (Å²) in [5.74, 6) is 0. The van der Waals surface area contributed by atoms with E-state index in [-0.39, 0.29) is 51.2 Å². The normalized spacial score (nSPS) is 4.67. The number of rotatable bonds is 0. The maximum absolute atomic E-state index is 8.24. The monoisotopic (exact) mass is 399 g/mol. The summed E-state index contributed by atoms with van der Waals surface area (Å²) >= 11 is 0. The topological polar surface area (TPSA) is 112 Å². The predicted molar refractivity (Wildman–Crippen MR) is 47.9 cm³/mol. The average Bonchev–Trinajstić information content (AvgIpc) is 2.24. The minimum atomic E-state index is 0. The molecule has 9 heteroatoms. The SMILES string of the molecule is O=[C-]O.O=[C-]O.O=[C-]O.[Cu+2].[Cu+2].[Cu+2].[c-]1c[c-]c[c-]c1. The van der Waals surface area contributed by atoms with E-state index in [4.69, 9.17) is 29.7 Å². The molecule has 0 aliphatic rings. The van der Waals surface area contributed by atoms with Gasteiger partial charge in [0.05, 0.1) is 0 Å². The molecule has 3 N–H and O–H groups in total. The zero-order chi connectivity index (χ0) is 12.4. The number of benzene rings is 1. The Kier molecular flexibility index (Phi) is 111. The van der Waals surface area contributed by atoms with Gasteiger partial charge >= 0.3 is 51.2 Å². The zero-order valence-electron chi connectivity index (χ0n) is 8.20. The molecular weight excluding hydrogens is 395 g/mol. The van der Waals surface area contributed by atoms with E-state index in [2.05, 4.69) is 18.2 Å².